The summed E-state index contributed by atoms with van der Waals surface area (Å²) in [5.74, 6) is 0.505. The number of aliphatic hydroxyl groups is 1. The number of hydrogen-bond acceptors (Lipinski definition) is 5. The van der Waals surface area contributed by atoms with Gasteiger partial charge in [-0.15, -0.1) is 0 Å². The molecule has 3 aromatic rings. The first kappa shape index (κ1) is 16.1. The van der Waals surface area contributed by atoms with E-state index in [0.29, 0.717) is 30.4 Å². The lowest BCUT2D eigenvalue weighted by Crippen LogP contribution is -2.04. The predicted octanol–water partition coefficient (Wildman–Crippen LogP) is 2.42. The summed E-state index contributed by atoms with van der Waals surface area (Å²) in [7, 11) is 0. The molecular formula is C17H17FN4O2. The van der Waals surface area contributed by atoms with Crippen LogP contribution in [0.3, 0.4) is 0 Å². The van der Waals surface area contributed by atoms with E-state index in [4.69, 9.17) is 9.84 Å². The molecule has 0 aliphatic rings. The lowest BCUT2D eigenvalue weighted by Gasteiger charge is -2.11. The molecule has 7 heteroatoms. The number of benzene rings is 1. The molecule has 24 heavy (non-hydrogen) atoms. The fourth-order valence-electron chi connectivity index (χ4n) is 2.37. The third-order valence-electron chi connectivity index (χ3n) is 3.39. The van der Waals surface area contributed by atoms with Crippen LogP contribution in [0.5, 0.6) is 5.88 Å². The van der Waals surface area contributed by atoms with Gasteiger partial charge < -0.3 is 9.84 Å². The van der Waals surface area contributed by atoms with Crippen molar-refractivity contribution in [2.75, 3.05) is 6.61 Å². The summed E-state index contributed by atoms with van der Waals surface area (Å²) >= 11 is 0. The normalized spacial score (nSPS) is 10.8. The van der Waals surface area contributed by atoms with Crippen LogP contribution in [0.1, 0.15) is 18.3 Å². The minimum Gasteiger partial charge on any atom is -0.478 e. The van der Waals surface area contributed by atoms with Crippen molar-refractivity contribution in [2.24, 2.45) is 0 Å². The van der Waals surface area contributed by atoms with E-state index in [1.807, 2.05) is 19.1 Å². The summed E-state index contributed by atoms with van der Waals surface area (Å²) in [6, 6.07) is 8.20. The Labute approximate surface area is 138 Å². The van der Waals surface area contributed by atoms with Crippen LogP contribution in [-0.4, -0.2) is 31.5 Å². The van der Waals surface area contributed by atoms with Crippen molar-refractivity contribution in [1.82, 2.24) is 19.7 Å². The molecule has 2 heterocycles. The van der Waals surface area contributed by atoms with Gasteiger partial charge in [-0.05, 0) is 36.2 Å². The molecule has 0 saturated carbocycles. The zero-order chi connectivity index (χ0) is 16.9. The van der Waals surface area contributed by atoms with Crippen LogP contribution in [0.25, 0.3) is 11.1 Å². The Morgan fingerprint density at radius 3 is 2.83 bits per heavy atom. The van der Waals surface area contributed by atoms with E-state index in [9.17, 15) is 4.39 Å². The molecule has 1 aromatic carbocycles. The Morgan fingerprint density at radius 2 is 2.12 bits per heavy atom. The second-order valence-electron chi connectivity index (χ2n) is 5.16. The van der Waals surface area contributed by atoms with E-state index >= 15 is 0 Å². The van der Waals surface area contributed by atoms with Crippen molar-refractivity contribution < 1.29 is 14.2 Å². The highest BCUT2D eigenvalue weighted by molar-refractivity contribution is 5.69. The summed E-state index contributed by atoms with van der Waals surface area (Å²) in [4.78, 5) is 8.32. The predicted molar refractivity (Wildman–Crippen MR) is 85.8 cm³/mol. The lowest BCUT2D eigenvalue weighted by molar-refractivity contribution is 0.271. The second-order valence-corrected chi connectivity index (χ2v) is 5.16. The average molecular weight is 328 g/mol. The van der Waals surface area contributed by atoms with Crippen LogP contribution in [0, 0.1) is 5.82 Å². The molecule has 2 aromatic heterocycles. The third-order valence-corrected chi connectivity index (χ3v) is 3.39. The van der Waals surface area contributed by atoms with Crippen molar-refractivity contribution in [1.29, 1.82) is 0 Å². The standard InChI is InChI=1S/C17H17FN4O2/c1-2-24-17-15(13-4-3-5-14(18)7-13)6-12(8-19-17)9-22-11-20-16(10-23)21-22/h3-8,11,23H,2,9-10H2,1H3. The molecule has 0 radical (unpaired) electrons. The topological polar surface area (TPSA) is 73.1 Å². The lowest BCUT2D eigenvalue weighted by atomic mass is 10.1. The van der Waals surface area contributed by atoms with Gasteiger partial charge >= 0.3 is 0 Å². The molecule has 1 N–H and O–H groups in total. The highest BCUT2D eigenvalue weighted by atomic mass is 19.1. The molecule has 124 valence electrons. The smallest absolute Gasteiger partial charge is 0.221 e. The van der Waals surface area contributed by atoms with E-state index < -0.39 is 0 Å². The third kappa shape index (κ3) is 3.57. The Kier molecular flexibility index (Phi) is 4.81. The van der Waals surface area contributed by atoms with Crippen LogP contribution < -0.4 is 4.74 Å². The summed E-state index contributed by atoms with van der Waals surface area (Å²) in [6.45, 7) is 2.58. The fraction of sp³-hybridized carbons (Fsp3) is 0.235. The van der Waals surface area contributed by atoms with Gasteiger partial charge in [-0.2, -0.15) is 5.10 Å². The van der Waals surface area contributed by atoms with Crippen molar-refractivity contribution in [3.05, 3.63) is 60.1 Å². The minimum atomic E-state index is -0.316. The van der Waals surface area contributed by atoms with Crippen LogP contribution in [0.15, 0.2) is 42.9 Å². The van der Waals surface area contributed by atoms with Crippen molar-refractivity contribution >= 4 is 0 Å². The molecule has 0 spiro atoms. The van der Waals surface area contributed by atoms with Gasteiger partial charge in [0.1, 0.15) is 18.8 Å². The SMILES string of the molecule is CCOc1ncc(Cn2cnc(CO)n2)cc1-c1cccc(F)c1. The van der Waals surface area contributed by atoms with Crippen molar-refractivity contribution in [3.63, 3.8) is 0 Å². The molecule has 0 fully saturated rings. The maximum Gasteiger partial charge on any atom is 0.221 e. The number of pyridine rings is 1. The Balaban J connectivity index is 1.95. The van der Waals surface area contributed by atoms with Crippen LogP contribution >= 0.6 is 0 Å². The minimum absolute atomic E-state index is 0.205. The Morgan fingerprint density at radius 1 is 1.25 bits per heavy atom. The van der Waals surface area contributed by atoms with E-state index in [1.54, 1.807) is 23.3 Å². The maximum absolute atomic E-state index is 13.6. The zero-order valence-electron chi connectivity index (χ0n) is 13.2. The molecule has 0 atom stereocenters. The van der Waals surface area contributed by atoms with Crippen LogP contribution in [-0.2, 0) is 13.2 Å². The highest BCUT2D eigenvalue weighted by Gasteiger charge is 2.11. The molecule has 0 amide bonds. The monoisotopic (exact) mass is 328 g/mol. The molecular weight excluding hydrogens is 311 g/mol. The van der Waals surface area contributed by atoms with Gasteiger partial charge in [-0.25, -0.2) is 19.0 Å². The van der Waals surface area contributed by atoms with E-state index in [1.165, 1.54) is 12.1 Å². The van der Waals surface area contributed by atoms with Gasteiger partial charge in [0.25, 0.3) is 0 Å². The molecule has 0 bridgehead atoms. The van der Waals surface area contributed by atoms with Crippen LogP contribution in [0.2, 0.25) is 0 Å². The number of aliphatic hydroxyl groups excluding tert-OH is 1. The number of halogens is 1. The number of hydrogen-bond donors (Lipinski definition) is 1. The summed E-state index contributed by atoms with van der Waals surface area (Å²) < 4.78 is 20.7. The van der Waals surface area contributed by atoms with Gasteiger partial charge in [-0.3, -0.25) is 0 Å². The van der Waals surface area contributed by atoms with Crippen molar-refractivity contribution in [3.8, 4) is 17.0 Å². The Hall–Kier alpha value is -2.80. The molecule has 0 unspecified atom stereocenters. The van der Waals surface area contributed by atoms with E-state index in [2.05, 4.69) is 15.1 Å². The van der Waals surface area contributed by atoms with Crippen LogP contribution in [0.4, 0.5) is 4.39 Å². The molecule has 0 aliphatic heterocycles. The number of nitrogens with zero attached hydrogens (tertiary/aromatic N) is 4. The maximum atomic E-state index is 13.6. The number of rotatable bonds is 6. The number of aromatic nitrogens is 4. The van der Waals surface area contributed by atoms with Crippen molar-refractivity contribution in [2.45, 2.75) is 20.1 Å². The van der Waals surface area contributed by atoms with Gasteiger partial charge in [0, 0.05) is 11.8 Å². The summed E-state index contributed by atoms with van der Waals surface area (Å²) in [5.41, 5.74) is 2.28. The fourth-order valence-corrected chi connectivity index (χ4v) is 2.37. The Bertz CT molecular complexity index is 835. The molecule has 0 saturated heterocycles. The first-order valence-corrected chi connectivity index (χ1v) is 7.56. The summed E-state index contributed by atoms with van der Waals surface area (Å²) in [6.07, 6.45) is 3.23. The first-order chi connectivity index (χ1) is 11.7. The van der Waals surface area contributed by atoms with Gasteiger partial charge in [0.2, 0.25) is 5.88 Å². The van der Waals surface area contributed by atoms with Gasteiger partial charge in [-0.1, -0.05) is 12.1 Å². The average Bonchev–Trinajstić information content (AvgIpc) is 3.04. The second kappa shape index (κ2) is 7.18. The quantitative estimate of drug-likeness (QED) is 0.752. The largest absolute Gasteiger partial charge is 0.478 e. The summed E-state index contributed by atoms with van der Waals surface area (Å²) in [5, 5.41) is 13.2. The molecule has 3 rings (SSSR count). The highest BCUT2D eigenvalue weighted by Crippen LogP contribution is 2.29. The van der Waals surface area contributed by atoms with Gasteiger partial charge in [0.15, 0.2) is 5.82 Å². The first-order valence-electron chi connectivity index (χ1n) is 7.56. The van der Waals surface area contributed by atoms with E-state index in [-0.39, 0.29) is 12.4 Å². The van der Waals surface area contributed by atoms with E-state index in [0.717, 1.165) is 11.1 Å². The number of ether oxygens (including phenoxy) is 1. The molecule has 0 aliphatic carbocycles. The zero-order valence-corrected chi connectivity index (χ0v) is 13.2. The van der Waals surface area contributed by atoms with Gasteiger partial charge in [0.05, 0.1) is 13.2 Å². The molecule has 6 nitrogen and oxygen atoms in total.